The number of nitrogens with zero attached hydrogens (tertiary/aromatic N) is 4. The highest BCUT2D eigenvalue weighted by Gasteiger charge is 2.22. The molecule has 1 aliphatic heterocycles. The van der Waals surface area contributed by atoms with Gasteiger partial charge in [0.25, 0.3) is 0 Å². The highest BCUT2D eigenvalue weighted by atomic mass is 16.5. The van der Waals surface area contributed by atoms with Crippen molar-refractivity contribution in [2.75, 3.05) is 26.8 Å². The van der Waals surface area contributed by atoms with E-state index in [2.05, 4.69) is 16.3 Å². The van der Waals surface area contributed by atoms with E-state index in [-0.39, 0.29) is 18.2 Å². The number of methoxy groups -OCH3 is 1. The van der Waals surface area contributed by atoms with E-state index >= 15 is 0 Å². The maximum Gasteiger partial charge on any atom is 0.361 e. The van der Waals surface area contributed by atoms with E-state index in [4.69, 9.17) is 9.47 Å². The summed E-state index contributed by atoms with van der Waals surface area (Å²) >= 11 is 0. The quantitative estimate of drug-likeness (QED) is 0.499. The first-order valence-electron chi connectivity index (χ1n) is 11.3. The number of ether oxygens (including phenoxy) is 2. The van der Waals surface area contributed by atoms with Crippen molar-refractivity contribution in [1.29, 1.82) is 0 Å². The zero-order valence-electron chi connectivity index (χ0n) is 19.7. The van der Waals surface area contributed by atoms with Crippen molar-refractivity contribution in [2.24, 2.45) is 0 Å². The third-order valence-electron chi connectivity index (χ3n) is 5.79. The Morgan fingerprint density at radius 3 is 2.29 bits per heavy atom. The van der Waals surface area contributed by atoms with Gasteiger partial charge in [0.2, 0.25) is 5.91 Å². The van der Waals surface area contributed by atoms with Gasteiger partial charge in [-0.15, -0.1) is 5.10 Å². The monoisotopic (exact) mass is 460 g/mol. The number of esters is 1. The molecule has 0 radical (unpaired) electrons. The molecule has 1 aliphatic rings. The van der Waals surface area contributed by atoms with Crippen LogP contribution in [0.5, 0.6) is 5.75 Å². The molecular weight excluding hydrogens is 432 g/mol. The van der Waals surface area contributed by atoms with Crippen LogP contribution in [0.25, 0.3) is 16.8 Å². The molecule has 3 aromatic rings. The van der Waals surface area contributed by atoms with E-state index in [0.717, 1.165) is 35.4 Å². The molecule has 0 N–H and O–H groups in total. The first-order chi connectivity index (χ1) is 16.5. The van der Waals surface area contributed by atoms with Crippen LogP contribution < -0.4 is 4.74 Å². The van der Waals surface area contributed by atoms with E-state index < -0.39 is 5.97 Å². The summed E-state index contributed by atoms with van der Waals surface area (Å²) in [7, 11) is 1.62. The number of carbonyl (C=O) groups is 2. The van der Waals surface area contributed by atoms with Gasteiger partial charge >= 0.3 is 5.97 Å². The molecule has 0 fully saturated rings. The average Bonchev–Trinajstić information content (AvgIpc) is 3.29. The molecule has 1 aromatic heterocycles. The van der Waals surface area contributed by atoms with Gasteiger partial charge in [0, 0.05) is 25.6 Å². The summed E-state index contributed by atoms with van der Waals surface area (Å²) in [5.41, 5.74) is 4.75. The van der Waals surface area contributed by atoms with Crippen LogP contribution in [0.2, 0.25) is 0 Å². The van der Waals surface area contributed by atoms with Crippen LogP contribution in [-0.4, -0.2) is 58.6 Å². The van der Waals surface area contributed by atoms with Crippen molar-refractivity contribution < 1.29 is 19.1 Å². The van der Waals surface area contributed by atoms with Gasteiger partial charge in [-0.05, 0) is 42.2 Å². The topological polar surface area (TPSA) is 86.5 Å². The van der Waals surface area contributed by atoms with Gasteiger partial charge in [-0.2, -0.15) is 9.90 Å². The summed E-state index contributed by atoms with van der Waals surface area (Å²) in [5, 5.41) is 9.04. The van der Waals surface area contributed by atoms with Crippen molar-refractivity contribution in [2.45, 2.75) is 26.8 Å². The second-order valence-electron chi connectivity index (χ2n) is 8.02. The van der Waals surface area contributed by atoms with E-state index in [1.807, 2.05) is 53.4 Å². The van der Waals surface area contributed by atoms with E-state index in [9.17, 15) is 9.59 Å². The number of carbonyl (C=O) groups excluding carboxylic acids is 2. The SMILES string of the molecule is CCOC(=O)c1nn(Cc2ccc(OC)cc2)nc1-c1ccc(C2=CCN(C(C)=O)CC2)cc1. The summed E-state index contributed by atoms with van der Waals surface area (Å²) in [6, 6.07) is 15.5. The smallest absolute Gasteiger partial charge is 0.361 e. The molecule has 1 amide bonds. The predicted molar refractivity (Wildman–Crippen MR) is 128 cm³/mol. The van der Waals surface area contributed by atoms with Crippen LogP contribution in [0.1, 0.15) is 41.9 Å². The molecule has 8 heteroatoms. The van der Waals surface area contributed by atoms with Gasteiger partial charge in [0.1, 0.15) is 11.4 Å². The van der Waals surface area contributed by atoms with Gasteiger partial charge in [0.05, 0.1) is 20.3 Å². The summed E-state index contributed by atoms with van der Waals surface area (Å²) in [5.74, 6) is 0.365. The summed E-state index contributed by atoms with van der Waals surface area (Å²) in [6.07, 6.45) is 2.90. The average molecular weight is 461 g/mol. The lowest BCUT2D eigenvalue weighted by Gasteiger charge is -2.25. The second kappa shape index (κ2) is 10.3. The summed E-state index contributed by atoms with van der Waals surface area (Å²) < 4.78 is 10.4. The number of rotatable bonds is 7. The lowest BCUT2D eigenvalue weighted by atomic mass is 9.97. The van der Waals surface area contributed by atoms with Crippen LogP contribution in [0.3, 0.4) is 0 Å². The normalized spacial score (nSPS) is 13.4. The Bertz CT molecular complexity index is 1200. The number of amides is 1. The minimum Gasteiger partial charge on any atom is -0.497 e. The molecule has 2 heterocycles. The Hall–Kier alpha value is -3.94. The van der Waals surface area contributed by atoms with Crippen LogP contribution in [0, 0.1) is 0 Å². The van der Waals surface area contributed by atoms with Gasteiger partial charge < -0.3 is 14.4 Å². The molecule has 34 heavy (non-hydrogen) atoms. The molecule has 0 saturated carbocycles. The van der Waals surface area contributed by atoms with Gasteiger partial charge in [0.15, 0.2) is 5.69 Å². The third-order valence-corrected chi connectivity index (χ3v) is 5.79. The number of hydrogen-bond acceptors (Lipinski definition) is 6. The Labute approximate surface area is 198 Å². The number of benzene rings is 2. The molecular formula is C26H28N4O4. The lowest BCUT2D eigenvalue weighted by molar-refractivity contribution is -0.128. The largest absolute Gasteiger partial charge is 0.497 e. The molecule has 0 aliphatic carbocycles. The van der Waals surface area contributed by atoms with Crippen LogP contribution in [0.15, 0.2) is 54.6 Å². The summed E-state index contributed by atoms with van der Waals surface area (Å²) in [4.78, 5) is 27.5. The van der Waals surface area contributed by atoms with Crippen molar-refractivity contribution >= 4 is 17.4 Å². The number of aromatic nitrogens is 3. The fourth-order valence-electron chi connectivity index (χ4n) is 3.90. The molecule has 8 nitrogen and oxygen atoms in total. The van der Waals surface area contributed by atoms with Crippen LogP contribution >= 0.6 is 0 Å². The number of hydrogen-bond donors (Lipinski definition) is 0. The highest BCUT2D eigenvalue weighted by molar-refractivity contribution is 5.94. The van der Waals surface area contributed by atoms with E-state index in [0.29, 0.717) is 18.8 Å². The minimum atomic E-state index is -0.498. The van der Waals surface area contributed by atoms with Crippen molar-refractivity contribution in [3.8, 4) is 17.0 Å². The predicted octanol–water partition coefficient (Wildman–Crippen LogP) is 3.81. The maximum atomic E-state index is 12.6. The third kappa shape index (κ3) is 5.17. The fraction of sp³-hybridized carbons (Fsp3) is 0.308. The van der Waals surface area contributed by atoms with Crippen molar-refractivity contribution in [3.05, 3.63) is 71.4 Å². The zero-order valence-corrected chi connectivity index (χ0v) is 19.7. The second-order valence-corrected chi connectivity index (χ2v) is 8.02. The first kappa shape index (κ1) is 23.2. The minimum absolute atomic E-state index is 0.0925. The van der Waals surface area contributed by atoms with Crippen LogP contribution in [-0.2, 0) is 16.1 Å². The Morgan fingerprint density at radius 2 is 1.71 bits per heavy atom. The summed E-state index contributed by atoms with van der Waals surface area (Å²) in [6.45, 7) is 5.37. The molecule has 0 bridgehead atoms. The zero-order chi connectivity index (χ0) is 24.1. The first-order valence-corrected chi connectivity index (χ1v) is 11.3. The molecule has 0 saturated heterocycles. The van der Waals surface area contributed by atoms with Gasteiger partial charge in [-0.3, -0.25) is 4.79 Å². The molecule has 2 aromatic carbocycles. The van der Waals surface area contributed by atoms with Gasteiger partial charge in [-0.1, -0.05) is 42.5 Å². The molecule has 4 rings (SSSR count). The maximum absolute atomic E-state index is 12.6. The molecule has 176 valence electrons. The lowest BCUT2D eigenvalue weighted by Crippen LogP contribution is -2.32. The molecule has 0 unspecified atom stereocenters. The highest BCUT2D eigenvalue weighted by Crippen LogP contribution is 2.27. The van der Waals surface area contributed by atoms with E-state index in [1.54, 1.807) is 21.0 Å². The van der Waals surface area contributed by atoms with Crippen molar-refractivity contribution in [1.82, 2.24) is 19.9 Å². The molecule has 0 atom stereocenters. The van der Waals surface area contributed by atoms with Crippen molar-refractivity contribution in [3.63, 3.8) is 0 Å². The Kier molecular flexibility index (Phi) is 7.06. The molecule has 0 spiro atoms. The Morgan fingerprint density at radius 1 is 1.00 bits per heavy atom. The van der Waals surface area contributed by atoms with Crippen LogP contribution in [0.4, 0.5) is 0 Å². The fourth-order valence-corrected chi connectivity index (χ4v) is 3.90. The Balaban J connectivity index is 1.59. The standard InChI is InChI=1S/C26H28N4O4/c1-4-34-26(32)25-24(27-30(28-25)17-19-5-11-23(33-3)12-6-19)22-9-7-20(8-10-22)21-13-15-29(16-14-21)18(2)31/h5-13H,4,14-17H2,1-3H3. The van der Waals surface area contributed by atoms with E-state index in [1.165, 1.54) is 10.4 Å². The van der Waals surface area contributed by atoms with Gasteiger partial charge in [-0.25, -0.2) is 4.79 Å².